The number of Topliss-reactive ketones (excluding diaryl/α,β-unsaturated/α-hetero) is 1. The van der Waals surface area contributed by atoms with Crippen LogP contribution in [0.1, 0.15) is 71.1 Å². The monoisotopic (exact) mass is 239 g/mol. The molecular weight excluding hydrogens is 214 g/mol. The third-order valence-electron chi connectivity index (χ3n) is 3.40. The van der Waals surface area contributed by atoms with Gasteiger partial charge in [-0.1, -0.05) is 39.0 Å². The summed E-state index contributed by atoms with van der Waals surface area (Å²) in [5.74, 6) is 0.275. The second-order valence-corrected chi connectivity index (χ2v) is 5.00. The Bertz CT molecular complexity index is 251. The van der Waals surface area contributed by atoms with Crippen molar-refractivity contribution in [2.24, 2.45) is 0 Å². The maximum absolute atomic E-state index is 11.6. The van der Waals surface area contributed by atoms with Crippen LogP contribution in [-0.4, -0.2) is 17.7 Å². The van der Waals surface area contributed by atoms with Gasteiger partial charge < -0.3 is 5.32 Å². The standard InChI is InChI=1S/C14H25NO2/c1-2-3-4-5-6-11-14(17)15-12-9-7-8-10-13(12)16/h12H,2-11H2,1H3,(H,15,17). The highest BCUT2D eigenvalue weighted by Gasteiger charge is 2.23. The Morgan fingerprint density at radius 1 is 1.24 bits per heavy atom. The van der Waals surface area contributed by atoms with E-state index in [-0.39, 0.29) is 17.7 Å². The number of rotatable bonds is 7. The van der Waals surface area contributed by atoms with Crippen LogP contribution in [0.3, 0.4) is 0 Å². The van der Waals surface area contributed by atoms with Crippen molar-refractivity contribution in [1.82, 2.24) is 5.32 Å². The number of hydrogen-bond donors (Lipinski definition) is 1. The lowest BCUT2D eigenvalue weighted by atomic mass is 9.94. The molecule has 0 saturated heterocycles. The summed E-state index contributed by atoms with van der Waals surface area (Å²) in [6.07, 6.45) is 9.87. The van der Waals surface area contributed by atoms with Gasteiger partial charge in [0.25, 0.3) is 0 Å². The van der Waals surface area contributed by atoms with E-state index in [0.29, 0.717) is 12.8 Å². The summed E-state index contributed by atoms with van der Waals surface area (Å²) in [6, 6.07) is -0.188. The molecular formula is C14H25NO2. The number of nitrogens with one attached hydrogen (secondary N) is 1. The van der Waals surface area contributed by atoms with Gasteiger partial charge in [0.15, 0.2) is 5.78 Å². The lowest BCUT2D eigenvalue weighted by molar-refractivity contribution is -0.129. The SMILES string of the molecule is CCCCCCCC(=O)NC1CCCCC1=O. The summed E-state index contributed by atoms with van der Waals surface area (Å²) in [6.45, 7) is 2.18. The number of hydrogen-bond acceptors (Lipinski definition) is 2. The van der Waals surface area contributed by atoms with Crippen molar-refractivity contribution in [3.05, 3.63) is 0 Å². The van der Waals surface area contributed by atoms with Crippen molar-refractivity contribution in [3.8, 4) is 0 Å². The molecule has 0 aromatic heterocycles. The molecule has 1 fully saturated rings. The van der Waals surface area contributed by atoms with E-state index in [0.717, 1.165) is 32.1 Å². The zero-order valence-electron chi connectivity index (χ0n) is 11.0. The Labute approximate surface area is 104 Å². The fraction of sp³-hybridized carbons (Fsp3) is 0.857. The first kappa shape index (κ1) is 14.2. The van der Waals surface area contributed by atoms with Crippen LogP contribution in [-0.2, 0) is 9.59 Å². The first-order chi connectivity index (χ1) is 8.24. The normalized spacial score (nSPS) is 20.3. The van der Waals surface area contributed by atoms with Gasteiger partial charge in [-0.15, -0.1) is 0 Å². The summed E-state index contributed by atoms with van der Waals surface area (Å²) in [5, 5.41) is 2.87. The maximum atomic E-state index is 11.6. The minimum absolute atomic E-state index is 0.0572. The van der Waals surface area contributed by atoms with E-state index in [4.69, 9.17) is 0 Å². The zero-order valence-corrected chi connectivity index (χ0v) is 11.0. The molecule has 3 nitrogen and oxygen atoms in total. The first-order valence-electron chi connectivity index (χ1n) is 7.06. The lowest BCUT2D eigenvalue weighted by Crippen LogP contribution is -2.42. The molecule has 1 aliphatic carbocycles. The van der Waals surface area contributed by atoms with Crippen LogP contribution in [0.15, 0.2) is 0 Å². The fourth-order valence-electron chi connectivity index (χ4n) is 2.29. The smallest absolute Gasteiger partial charge is 0.220 e. The van der Waals surface area contributed by atoms with E-state index in [1.54, 1.807) is 0 Å². The van der Waals surface area contributed by atoms with Gasteiger partial charge in [-0.05, 0) is 19.3 Å². The molecule has 3 heteroatoms. The number of unbranched alkanes of at least 4 members (excludes halogenated alkanes) is 4. The summed E-state index contributed by atoms with van der Waals surface area (Å²) >= 11 is 0. The second kappa shape index (κ2) is 8.26. The van der Waals surface area contributed by atoms with E-state index < -0.39 is 0 Å². The highest BCUT2D eigenvalue weighted by atomic mass is 16.2. The van der Waals surface area contributed by atoms with Gasteiger partial charge >= 0.3 is 0 Å². The number of ketones is 1. The van der Waals surface area contributed by atoms with Crippen molar-refractivity contribution in [2.45, 2.75) is 77.2 Å². The van der Waals surface area contributed by atoms with E-state index in [9.17, 15) is 9.59 Å². The molecule has 1 N–H and O–H groups in total. The average Bonchev–Trinajstić information content (AvgIpc) is 2.32. The summed E-state index contributed by atoms with van der Waals surface area (Å²) in [7, 11) is 0. The zero-order chi connectivity index (χ0) is 12.5. The Hall–Kier alpha value is -0.860. The molecule has 1 unspecified atom stereocenters. The van der Waals surface area contributed by atoms with Crippen LogP contribution < -0.4 is 5.32 Å². The van der Waals surface area contributed by atoms with Crippen LogP contribution in [0.25, 0.3) is 0 Å². The highest BCUT2D eigenvalue weighted by molar-refractivity contribution is 5.89. The average molecular weight is 239 g/mol. The van der Waals surface area contributed by atoms with Crippen LogP contribution >= 0.6 is 0 Å². The predicted octanol–water partition coefficient (Wildman–Crippen LogP) is 2.97. The van der Waals surface area contributed by atoms with Gasteiger partial charge in [0.1, 0.15) is 0 Å². The molecule has 1 rings (SSSR count). The van der Waals surface area contributed by atoms with Crippen LogP contribution in [0.4, 0.5) is 0 Å². The van der Waals surface area contributed by atoms with Crippen molar-refractivity contribution >= 4 is 11.7 Å². The van der Waals surface area contributed by atoms with Gasteiger partial charge in [-0.2, -0.15) is 0 Å². The van der Waals surface area contributed by atoms with E-state index in [2.05, 4.69) is 12.2 Å². The summed E-state index contributed by atoms with van der Waals surface area (Å²) in [5.41, 5.74) is 0. The van der Waals surface area contributed by atoms with Crippen molar-refractivity contribution < 1.29 is 9.59 Å². The fourth-order valence-corrected chi connectivity index (χ4v) is 2.29. The molecule has 0 aromatic carbocycles. The molecule has 0 aliphatic heterocycles. The third-order valence-corrected chi connectivity index (χ3v) is 3.40. The van der Waals surface area contributed by atoms with Crippen LogP contribution in [0, 0.1) is 0 Å². The number of carbonyl (C=O) groups is 2. The van der Waals surface area contributed by atoms with Crippen molar-refractivity contribution in [3.63, 3.8) is 0 Å². The molecule has 1 atom stereocenters. The molecule has 1 saturated carbocycles. The molecule has 17 heavy (non-hydrogen) atoms. The van der Waals surface area contributed by atoms with Gasteiger partial charge in [0, 0.05) is 12.8 Å². The van der Waals surface area contributed by atoms with Gasteiger partial charge in [0.2, 0.25) is 5.91 Å². The lowest BCUT2D eigenvalue weighted by Gasteiger charge is -2.21. The van der Waals surface area contributed by atoms with Crippen molar-refractivity contribution in [2.75, 3.05) is 0 Å². The third kappa shape index (κ3) is 5.85. The largest absolute Gasteiger partial charge is 0.346 e. The molecule has 0 heterocycles. The molecule has 0 aromatic rings. The molecule has 98 valence electrons. The van der Waals surface area contributed by atoms with Gasteiger partial charge in [-0.25, -0.2) is 0 Å². The molecule has 0 bridgehead atoms. The molecule has 0 radical (unpaired) electrons. The molecule has 1 aliphatic rings. The van der Waals surface area contributed by atoms with E-state index >= 15 is 0 Å². The molecule has 1 amide bonds. The quantitative estimate of drug-likeness (QED) is 0.694. The Morgan fingerprint density at radius 2 is 2.00 bits per heavy atom. The predicted molar refractivity (Wildman–Crippen MR) is 68.8 cm³/mol. The van der Waals surface area contributed by atoms with Gasteiger partial charge in [0.05, 0.1) is 6.04 Å². The van der Waals surface area contributed by atoms with Crippen LogP contribution in [0.5, 0.6) is 0 Å². The number of amides is 1. The van der Waals surface area contributed by atoms with E-state index in [1.807, 2.05) is 0 Å². The maximum Gasteiger partial charge on any atom is 0.220 e. The molecule has 0 spiro atoms. The van der Waals surface area contributed by atoms with Gasteiger partial charge in [-0.3, -0.25) is 9.59 Å². The van der Waals surface area contributed by atoms with Crippen molar-refractivity contribution in [1.29, 1.82) is 0 Å². The Balaban J connectivity index is 2.09. The minimum atomic E-state index is -0.188. The topological polar surface area (TPSA) is 46.2 Å². The Kier molecular flexibility index (Phi) is 6.90. The van der Waals surface area contributed by atoms with Crippen LogP contribution in [0.2, 0.25) is 0 Å². The van der Waals surface area contributed by atoms with E-state index in [1.165, 1.54) is 19.3 Å². The second-order valence-electron chi connectivity index (χ2n) is 5.00. The summed E-state index contributed by atoms with van der Waals surface area (Å²) < 4.78 is 0. The minimum Gasteiger partial charge on any atom is -0.346 e. The summed E-state index contributed by atoms with van der Waals surface area (Å²) in [4.78, 5) is 23.2. The number of carbonyl (C=O) groups excluding carboxylic acids is 2. The Morgan fingerprint density at radius 3 is 2.71 bits per heavy atom. The highest BCUT2D eigenvalue weighted by Crippen LogP contribution is 2.14. The first-order valence-corrected chi connectivity index (χ1v) is 7.06.